The maximum Gasteiger partial charge on any atom is 0.274 e. The average Bonchev–Trinajstić information content (AvgIpc) is 3.29. The number of nitrogens with one attached hydrogen (secondary N) is 2. The van der Waals surface area contributed by atoms with Gasteiger partial charge in [-0.25, -0.2) is 0 Å². The molecule has 0 saturated carbocycles. The molecule has 2 amide bonds. The Kier molecular flexibility index (Phi) is 6.32. The van der Waals surface area contributed by atoms with E-state index in [2.05, 4.69) is 22.4 Å². The van der Waals surface area contributed by atoms with Crippen molar-refractivity contribution in [2.75, 3.05) is 19.6 Å². The molecule has 140 valence electrons. The molecule has 3 heterocycles. The van der Waals surface area contributed by atoms with Gasteiger partial charge in [0.25, 0.3) is 11.8 Å². The van der Waals surface area contributed by atoms with E-state index in [1.165, 1.54) is 11.3 Å². The highest BCUT2D eigenvalue weighted by molar-refractivity contribution is 7.12. The van der Waals surface area contributed by atoms with Gasteiger partial charge in [-0.3, -0.25) is 14.7 Å². The van der Waals surface area contributed by atoms with Crippen molar-refractivity contribution in [3.05, 3.63) is 38.8 Å². The molecule has 0 spiro atoms. The van der Waals surface area contributed by atoms with Gasteiger partial charge in [0.05, 0.1) is 5.02 Å². The molecular formula is C18H23ClN4O2S. The van der Waals surface area contributed by atoms with E-state index < -0.39 is 0 Å². The molecule has 2 aromatic heterocycles. The van der Waals surface area contributed by atoms with Crippen LogP contribution in [0.4, 0.5) is 0 Å². The molecule has 1 aliphatic heterocycles. The quantitative estimate of drug-likeness (QED) is 0.788. The fraction of sp³-hybridized carbons (Fsp3) is 0.500. The number of amides is 2. The molecule has 0 aromatic carbocycles. The number of carbonyl (C=O) groups excluding carboxylic acids is 2. The molecule has 26 heavy (non-hydrogen) atoms. The molecule has 0 bridgehead atoms. The number of likely N-dealkylation sites (tertiary alicyclic amines) is 1. The molecule has 3 rings (SSSR count). The fourth-order valence-corrected chi connectivity index (χ4v) is 4.28. The normalized spacial score (nSPS) is 17.3. The summed E-state index contributed by atoms with van der Waals surface area (Å²) in [5.74, 6) is 0.0512. The molecule has 1 fully saturated rings. The van der Waals surface area contributed by atoms with E-state index in [9.17, 15) is 9.59 Å². The van der Waals surface area contributed by atoms with Crippen molar-refractivity contribution in [1.82, 2.24) is 20.4 Å². The van der Waals surface area contributed by atoms with Gasteiger partial charge in [-0.05, 0) is 42.7 Å². The SMILES string of the molecule is CCCc1cc(C(=O)N2CCCC(CNC(=O)c3sccc3Cl)C2)n[nH]1. The molecule has 1 unspecified atom stereocenters. The van der Waals surface area contributed by atoms with Gasteiger partial charge in [-0.15, -0.1) is 11.3 Å². The van der Waals surface area contributed by atoms with E-state index in [-0.39, 0.29) is 17.7 Å². The van der Waals surface area contributed by atoms with Gasteiger partial charge in [0.1, 0.15) is 10.6 Å². The third-order valence-electron chi connectivity index (χ3n) is 4.55. The molecule has 0 aliphatic carbocycles. The predicted octanol–water partition coefficient (Wildman–Crippen LogP) is 3.36. The first-order valence-electron chi connectivity index (χ1n) is 8.93. The number of H-pyrrole nitrogens is 1. The Bertz CT molecular complexity index is 773. The summed E-state index contributed by atoms with van der Waals surface area (Å²) in [5, 5.41) is 12.3. The first-order valence-corrected chi connectivity index (χ1v) is 10.2. The highest BCUT2D eigenvalue weighted by Crippen LogP contribution is 2.22. The Labute approximate surface area is 161 Å². The van der Waals surface area contributed by atoms with E-state index in [0.29, 0.717) is 28.7 Å². The Morgan fingerprint density at radius 3 is 3.08 bits per heavy atom. The summed E-state index contributed by atoms with van der Waals surface area (Å²) in [6.45, 7) is 4.00. The van der Waals surface area contributed by atoms with Crippen LogP contribution in [0.2, 0.25) is 5.02 Å². The number of nitrogens with zero attached hydrogens (tertiary/aromatic N) is 2. The summed E-state index contributed by atoms with van der Waals surface area (Å²) >= 11 is 7.33. The predicted molar refractivity (Wildman–Crippen MR) is 103 cm³/mol. The summed E-state index contributed by atoms with van der Waals surface area (Å²) in [5.41, 5.74) is 1.47. The Morgan fingerprint density at radius 1 is 1.50 bits per heavy atom. The topological polar surface area (TPSA) is 78.1 Å². The van der Waals surface area contributed by atoms with E-state index in [1.54, 1.807) is 11.4 Å². The average molecular weight is 395 g/mol. The van der Waals surface area contributed by atoms with Gasteiger partial charge in [-0.2, -0.15) is 5.10 Å². The Morgan fingerprint density at radius 2 is 2.35 bits per heavy atom. The fourth-order valence-electron chi connectivity index (χ4n) is 3.22. The van der Waals surface area contributed by atoms with E-state index in [1.807, 2.05) is 11.0 Å². The second-order valence-electron chi connectivity index (χ2n) is 6.60. The van der Waals surface area contributed by atoms with Crippen LogP contribution in [0.3, 0.4) is 0 Å². The molecule has 2 aromatic rings. The van der Waals surface area contributed by atoms with Gasteiger partial charge < -0.3 is 10.2 Å². The zero-order valence-electron chi connectivity index (χ0n) is 14.8. The monoisotopic (exact) mass is 394 g/mol. The van der Waals surface area contributed by atoms with Gasteiger partial charge in [0, 0.05) is 25.3 Å². The van der Waals surface area contributed by atoms with Crippen molar-refractivity contribution < 1.29 is 9.59 Å². The van der Waals surface area contributed by atoms with Crippen LogP contribution in [0.25, 0.3) is 0 Å². The lowest BCUT2D eigenvalue weighted by molar-refractivity contribution is 0.0665. The maximum absolute atomic E-state index is 12.7. The standard InChI is InChI=1S/C18H23ClN4O2S/c1-2-4-13-9-15(22-21-13)18(25)23-7-3-5-12(11-23)10-20-17(24)16-14(19)6-8-26-16/h6,8-9,12H,2-5,7,10-11H2,1H3,(H,20,24)(H,21,22). The highest BCUT2D eigenvalue weighted by atomic mass is 35.5. The minimum Gasteiger partial charge on any atom is -0.351 e. The van der Waals surface area contributed by atoms with Crippen molar-refractivity contribution in [1.29, 1.82) is 0 Å². The number of aryl methyl sites for hydroxylation is 1. The minimum atomic E-state index is -0.148. The Hall–Kier alpha value is -1.86. The number of thiophene rings is 1. The van der Waals surface area contributed by atoms with Crippen LogP contribution in [-0.4, -0.2) is 46.5 Å². The molecule has 8 heteroatoms. The number of aromatic nitrogens is 2. The van der Waals surface area contributed by atoms with E-state index in [0.717, 1.165) is 37.9 Å². The second-order valence-corrected chi connectivity index (χ2v) is 7.92. The summed E-state index contributed by atoms with van der Waals surface area (Å²) in [4.78, 5) is 27.2. The highest BCUT2D eigenvalue weighted by Gasteiger charge is 2.26. The number of rotatable bonds is 6. The van der Waals surface area contributed by atoms with Crippen LogP contribution in [0.15, 0.2) is 17.5 Å². The summed E-state index contributed by atoms with van der Waals surface area (Å²) in [7, 11) is 0. The van der Waals surface area contributed by atoms with Crippen LogP contribution in [0.5, 0.6) is 0 Å². The number of halogens is 1. The van der Waals surface area contributed by atoms with E-state index >= 15 is 0 Å². The van der Waals surface area contributed by atoms with Crippen LogP contribution in [0, 0.1) is 5.92 Å². The maximum atomic E-state index is 12.7. The Balaban J connectivity index is 1.54. The first-order chi connectivity index (χ1) is 12.6. The third kappa shape index (κ3) is 4.45. The number of hydrogen-bond donors (Lipinski definition) is 2. The number of aromatic amines is 1. The van der Waals surface area contributed by atoms with Crippen LogP contribution in [0.1, 0.15) is 52.0 Å². The van der Waals surface area contributed by atoms with Crippen LogP contribution >= 0.6 is 22.9 Å². The van der Waals surface area contributed by atoms with Crippen molar-refractivity contribution in [3.8, 4) is 0 Å². The van der Waals surface area contributed by atoms with Gasteiger partial charge in [0.2, 0.25) is 0 Å². The molecule has 2 N–H and O–H groups in total. The number of carbonyl (C=O) groups is 2. The smallest absolute Gasteiger partial charge is 0.274 e. The largest absolute Gasteiger partial charge is 0.351 e. The zero-order valence-corrected chi connectivity index (χ0v) is 16.3. The summed E-state index contributed by atoms with van der Waals surface area (Å²) in [6, 6.07) is 3.56. The summed E-state index contributed by atoms with van der Waals surface area (Å²) in [6.07, 6.45) is 3.82. The molecule has 1 atom stereocenters. The number of hydrogen-bond acceptors (Lipinski definition) is 4. The summed E-state index contributed by atoms with van der Waals surface area (Å²) < 4.78 is 0. The van der Waals surface area contributed by atoms with Crippen LogP contribution in [-0.2, 0) is 6.42 Å². The van der Waals surface area contributed by atoms with Gasteiger partial charge in [-0.1, -0.05) is 24.9 Å². The van der Waals surface area contributed by atoms with Crippen molar-refractivity contribution in [2.24, 2.45) is 5.92 Å². The van der Waals surface area contributed by atoms with Crippen LogP contribution < -0.4 is 5.32 Å². The zero-order chi connectivity index (χ0) is 18.5. The van der Waals surface area contributed by atoms with Crippen molar-refractivity contribution in [3.63, 3.8) is 0 Å². The van der Waals surface area contributed by atoms with Crippen molar-refractivity contribution in [2.45, 2.75) is 32.6 Å². The van der Waals surface area contributed by atoms with E-state index in [4.69, 9.17) is 11.6 Å². The van der Waals surface area contributed by atoms with Crippen molar-refractivity contribution >= 4 is 34.8 Å². The first kappa shape index (κ1) is 18.9. The lowest BCUT2D eigenvalue weighted by atomic mass is 9.97. The molecule has 1 aliphatic rings. The molecular weight excluding hydrogens is 372 g/mol. The lowest BCUT2D eigenvalue weighted by Crippen LogP contribution is -2.43. The lowest BCUT2D eigenvalue weighted by Gasteiger charge is -2.32. The molecule has 6 nitrogen and oxygen atoms in total. The molecule has 0 radical (unpaired) electrons. The van der Waals surface area contributed by atoms with Gasteiger partial charge >= 0.3 is 0 Å². The van der Waals surface area contributed by atoms with Gasteiger partial charge in [0.15, 0.2) is 0 Å². The number of piperidine rings is 1. The minimum absolute atomic E-state index is 0.0408. The third-order valence-corrected chi connectivity index (χ3v) is 5.89. The second kappa shape index (κ2) is 8.68. The molecule has 1 saturated heterocycles.